The van der Waals surface area contributed by atoms with E-state index < -0.39 is 0 Å². The zero-order valence-electron chi connectivity index (χ0n) is 4.73. The monoisotopic (exact) mass is 104 g/mol. The molecule has 7 heavy (non-hydrogen) atoms. The van der Waals surface area contributed by atoms with Gasteiger partial charge in [-0.3, -0.25) is 0 Å². The first-order valence-corrected chi connectivity index (χ1v) is 2.42. The fourth-order valence-electron chi connectivity index (χ4n) is 0.360. The van der Waals surface area contributed by atoms with Crippen molar-refractivity contribution in [2.45, 2.75) is 19.5 Å². The highest BCUT2D eigenvalue weighted by Gasteiger charge is 1.94. The van der Waals surface area contributed by atoms with Crippen LogP contribution in [0.1, 0.15) is 13.3 Å². The van der Waals surface area contributed by atoms with Gasteiger partial charge in [0.25, 0.3) is 0 Å². The lowest BCUT2D eigenvalue weighted by atomic mass is 10.4. The Labute approximate surface area is 43.7 Å². The molecule has 0 fully saturated rings. The second-order valence-electron chi connectivity index (χ2n) is 1.38. The maximum Gasteiger partial charge on any atom is 0.0804 e. The molecule has 1 atom stereocenters. The van der Waals surface area contributed by atoms with E-state index in [4.69, 9.17) is 5.21 Å². The standard InChI is InChI=1S/C4H12N2O/c1-3-4(5-2)6-7/h4-7H,3H2,1-2H3. The van der Waals surface area contributed by atoms with Crippen molar-refractivity contribution in [1.29, 1.82) is 0 Å². The summed E-state index contributed by atoms with van der Waals surface area (Å²) in [5, 5.41) is 11.1. The highest BCUT2D eigenvalue weighted by Crippen LogP contribution is 1.78. The van der Waals surface area contributed by atoms with E-state index in [1.165, 1.54) is 0 Å². The van der Waals surface area contributed by atoms with Gasteiger partial charge < -0.3 is 10.5 Å². The van der Waals surface area contributed by atoms with E-state index >= 15 is 0 Å². The first-order valence-electron chi connectivity index (χ1n) is 2.42. The summed E-state index contributed by atoms with van der Waals surface area (Å²) in [6.45, 7) is 1.98. The van der Waals surface area contributed by atoms with Crippen molar-refractivity contribution in [1.82, 2.24) is 10.8 Å². The van der Waals surface area contributed by atoms with Crippen LogP contribution in [-0.2, 0) is 0 Å². The molecule has 0 radical (unpaired) electrons. The van der Waals surface area contributed by atoms with Gasteiger partial charge in [-0.2, -0.15) is 5.48 Å². The predicted molar refractivity (Wildman–Crippen MR) is 28.1 cm³/mol. The van der Waals surface area contributed by atoms with Crippen LogP contribution in [0.15, 0.2) is 0 Å². The quantitative estimate of drug-likeness (QED) is 0.346. The Hall–Kier alpha value is -0.120. The Morgan fingerprint density at radius 2 is 2.29 bits per heavy atom. The van der Waals surface area contributed by atoms with Crippen LogP contribution in [0.25, 0.3) is 0 Å². The van der Waals surface area contributed by atoms with Gasteiger partial charge in [-0.1, -0.05) is 6.92 Å². The molecule has 0 aliphatic carbocycles. The van der Waals surface area contributed by atoms with Gasteiger partial charge in [0.2, 0.25) is 0 Å². The summed E-state index contributed by atoms with van der Waals surface area (Å²) in [7, 11) is 1.79. The van der Waals surface area contributed by atoms with Crippen LogP contribution in [0, 0.1) is 0 Å². The topological polar surface area (TPSA) is 44.3 Å². The third-order valence-corrected chi connectivity index (χ3v) is 0.913. The summed E-state index contributed by atoms with van der Waals surface area (Å²) in [5.74, 6) is 0. The number of rotatable bonds is 3. The van der Waals surface area contributed by atoms with E-state index in [0.29, 0.717) is 0 Å². The van der Waals surface area contributed by atoms with E-state index in [0.717, 1.165) is 6.42 Å². The van der Waals surface area contributed by atoms with Crippen LogP contribution in [0.5, 0.6) is 0 Å². The number of hydroxylamine groups is 1. The average molecular weight is 104 g/mol. The highest BCUT2D eigenvalue weighted by molar-refractivity contribution is 4.48. The van der Waals surface area contributed by atoms with Gasteiger partial charge in [-0.15, -0.1) is 0 Å². The van der Waals surface area contributed by atoms with Gasteiger partial charge in [0.1, 0.15) is 0 Å². The molecule has 0 heterocycles. The molecule has 0 rings (SSSR count). The van der Waals surface area contributed by atoms with Crippen LogP contribution >= 0.6 is 0 Å². The molecule has 0 aromatic heterocycles. The Bertz CT molecular complexity index is 31.2. The average Bonchev–Trinajstić information content (AvgIpc) is 1.72. The third kappa shape index (κ3) is 2.56. The SMILES string of the molecule is CCC(NC)NO. The molecule has 0 bridgehead atoms. The van der Waals surface area contributed by atoms with E-state index in [1.54, 1.807) is 7.05 Å². The van der Waals surface area contributed by atoms with E-state index in [9.17, 15) is 0 Å². The molecule has 3 nitrogen and oxygen atoms in total. The Morgan fingerprint density at radius 3 is 2.29 bits per heavy atom. The Morgan fingerprint density at radius 1 is 1.71 bits per heavy atom. The van der Waals surface area contributed by atoms with Crippen molar-refractivity contribution in [2.24, 2.45) is 0 Å². The third-order valence-electron chi connectivity index (χ3n) is 0.913. The molecule has 0 amide bonds. The van der Waals surface area contributed by atoms with Crippen molar-refractivity contribution in [2.75, 3.05) is 7.05 Å². The lowest BCUT2D eigenvalue weighted by Gasteiger charge is -2.08. The fourth-order valence-corrected chi connectivity index (χ4v) is 0.360. The molecule has 1 unspecified atom stereocenters. The molecule has 0 saturated heterocycles. The van der Waals surface area contributed by atoms with Gasteiger partial charge in [0, 0.05) is 0 Å². The highest BCUT2D eigenvalue weighted by atomic mass is 16.5. The van der Waals surface area contributed by atoms with E-state index in [-0.39, 0.29) is 6.17 Å². The number of hydrogen-bond donors (Lipinski definition) is 3. The summed E-state index contributed by atoms with van der Waals surface area (Å²) in [5.41, 5.74) is 2.09. The number of hydrogen-bond acceptors (Lipinski definition) is 3. The molecular weight excluding hydrogens is 92.1 g/mol. The lowest BCUT2D eigenvalue weighted by molar-refractivity contribution is 0.112. The minimum absolute atomic E-state index is 0.0417. The summed E-state index contributed by atoms with van der Waals surface area (Å²) in [4.78, 5) is 0. The molecule has 3 N–H and O–H groups in total. The van der Waals surface area contributed by atoms with Crippen LogP contribution in [-0.4, -0.2) is 18.4 Å². The van der Waals surface area contributed by atoms with Crippen LogP contribution in [0.2, 0.25) is 0 Å². The minimum atomic E-state index is 0.0417. The van der Waals surface area contributed by atoms with Crippen molar-refractivity contribution in [3.63, 3.8) is 0 Å². The van der Waals surface area contributed by atoms with Gasteiger partial charge in [-0.25, -0.2) is 0 Å². The van der Waals surface area contributed by atoms with Gasteiger partial charge in [0.15, 0.2) is 0 Å². The second kappa shape index (κ2) is 4.05. The number of nitrogens with one attached hydrogen (secondary N) is 2. The summed E-state index contributed by atoms with van der Waals surface area (Å²) < 4.78 is 0. The van der Waals surface area contributed by atoms with Crippen LogP contribution < -0.4 is 10.8 Å². The normalized spacial score (nSPS) is 14.1. The molecule has 0 saturated carbocycles. The Kier molecular flexibility index (Phi) is 3.98. The fraction of sp³-hybridized carbons (Fsp3) is 1.00. The molecule has 0 aliphatic heterocycles. The first kappa shape index (κ1) is 6.88. The lowest BCUT2D eigenvalue weighted by Crippen LogP contribution is -2.37. The molecule has 3 heteroatoms. The molecule has 0 aliphatic rings. The van der Waals surface area contributed by atoms with Crippen molar-refractivity contribution in [3.05, 3.63) is 0 Å². The zero-order chi connectivity index (χ0) is 5.70. The second-order valence-corrected chi connectivity index (χ2v) is 1.38. The largest absolute Gasteiger partial charge is 0.315 e. The van der Waals surface area contributed by atoms with Gasteiger partial charge in [-0.05, 0) is 13.5 Å². The van der Waals surface area contributed by atoms with Gasteiger partial charge >= 0.3 is 0 Å². The van der Waals surface area contributed by atoms with E-state index in [2.05, 4.69) is 10.8 Å². The molecule has 0 aromatic rings. The van der Waals surface area contributed by atoms with Crippen LogP contribution in [0.4, 0.5) is 0 Å². The molecule has 0 aromatic carbocycles. The maximum atomic E-state index is 8.21. The molecule has 0 spiro atoms. The summed E-state index contributed by atoms with van der Waals surface area (Å²) in [6.07, 6.45) is 0.924. The smallest absolute Gasteiger partial charge is 0.0804 e. The van der Waals surface area contributed by atoms with Crippen molar-refractivity contribution >= 4 is 0 Å². The van der Waals surface area contributed by atoms with Gasteiger partial charge in [0.05, 0.1) is 6.17 Å². The summed E-state index contributed by atoms with van der Waals surface area (Å²) in [6, 6.07) is 0. The predicted octanol–water partition coefficient (Wildman–Crippen LogP) is -0.0793. The molecular formula is C4H12N2O. The maximum absolute atomic E-state index is 8.21. The zero-order valence-corrected chi connectivity index (χ0v) is 4.73. The van der Waals surface area contributed by atoms with Crippen LogP contribution in [0.3, 0.4) is 0 Å². The summed E-state index contributed by atoms with van der Waals surface area (Å²) >= 11 is 0. The Balaban J connectivity index is 2.99. The minimum Gasteiger partial charge on any atom is -0.315 e. The first-order chi connectivity index (χ1) is 3.35. The van der Waals surface area contributed by atoms with Crippen molar-refractivity contribution < 1.29 is 5.21 Å². The van der Waals surface area contributed by atoms with Crippen molar-refractivity contribution in [3.8, 4) is 0 Å². The molecule has 44 valence electrons. The van der Waals surface area contributed by atoms with E-state index in [1.807, 2.05) is 6.92 Å².